The monoisotopic (exact) mass is 294 g/mol. The molecule has 0 aliphatic carbocycles. The Morgan fingerprint density at radius 1 is 1.40 bits per heavy atom. The molecule has 0 saturated carbocycles. The number of halogens is 1. The number of nitrogens with one attached hydrogen (secondary N) is 1. The molecule has 1 aliphatic rings. The Morgan fingerprint density at radius 2 is 2.10 bits per heavy atom. The second-order valence-corrected chi connectivity index (χ2v) is 7.01. The number of hydrogen-bond donors (Lipinski definition) is 1. The molecule has 1 aromatic carbocycles. The Labute approximate surface area is 128 Å². The highest BCUT2D eigenvalue weighted by molar-refractivity contribution is 6.31. The lowest BCUT2D eigenvalue weighted by atomic mass is 9.79. The number of benzene rings is 1. The molecule has 0 radical (unpaired) electrons. The van der Waals surface area contributed by atoms with Gasteiger partial charge < -0.3 is 10.2 Å². The van der Waals surface area contributed by atoms with Crippen LogP contribution in [0.2, 0.25) is 5.02 Å². The average Bonchev–Trinajstić information content (AvgIpc) is 2.36. The van der Waals surface area contributed by atoms with Crippen LogP contribution in [0.25, 0.3) is 0 Å². The van der Waals surface area contributed by atoms with Gasteiger partial charge in [-0.3, -0.25) is 0 Å². The number of rotatable bonds is 4. The molecule has 1 unspecified atom stereocenters. The number of nitrogens with zero attached hydrogens (tertiary/aromatic N) is 1. The fourth-order valence-electron chi connectivity index (χ4n) is 3.52. The van der Waals surface area contributed by atoms with Crippen LogP contribution < -0.4 is 10.2 Å². The summed E-state index contributed by atoms with van der Waals surface area (Å²) in [5.74, 6) is 0.584. The average molecular weight is 295 g/mol. The van der Waals surface area contributed by atoms with E-state index >= 15 is 0 Å². The standard InChI is InChI=1S/C17H27ClN2/c1-6-7-20-16-9-15(18)13(11-19-5)8-14(16)12(2)10-17(20,3)4/h8-9,12,19H,6-7,10-11H2,1-5H3. The molecule has 2 rings (SSSR count). The molecule has 0 spiro atoms. The van der Waals surface area contributed by atoms with Gasteiger partial charge in [-0.1, -0.05) is 31.5 Å². The number of anilines is 1. The first-order valence-corrected chi connectivity index (χ1v) is 8.03. The minimum Gasteiger partial charge on any atom is -0.366 e. The maximum atomic E-state index is 6.48. The highest BCUT2D eigenvalue weighted by atomic mass is 35.5. The zero-order chi connectivity index (χ0) is 14.9. The molecule has 3 heteroatoms. The minimum absolute atomic E-state index is 0.205. The molecule has 1 N–H and O–H groups in total. The van der Waals surface area contributed by atoms with Crippen LogP contribution in [0.3, 0.4) is 0 Å². The summed E-state index contributed by atoms with van der Waals surface area (Å²) in [6.07, 6.45) is 2.35. The van der Waals surface area contributed by atoms with Gasteiger partial charge in [-0.25, -0.2) is 0 Å². The van der Waals surface area contributed by atoms with Crippen LogP contribution in [0, 0.1) is 0 Å². The number of fused-ring (bicyclic) bond motifs is 1. The summed E-state index contributed by atoms with van der Waals surface area (Å²) in [4.78, 5) is 2.54. The van der Waals surface area contributed by atoms with E-state index in [0.717, 1.165) is 24.5 Å². The van der Waals surface area contributed by atoms with Crippen molar-refractivity contribution in [1.29, 1.82) is 0 Å². The Kier molecular flexibility index (Phi) is 4.66. The summed E-state index contributed by atoms with van der Waals surface area (Å²) < 4.78 is 0. The van der Waals surface area contributed by atoms with E-state index in [1.807, 2.05) is 7.05 Å². The fourth-order valence-corrected chi connectivity index (χ4v) is 3.75. The van der Waals surface area contributed by atoms with Crippen LogP contribution in [-0.4, -0.2) is 19.1 Å². The SMILES string of the molecule is CCCN1c2cc(Cl)c(CNC)cc2C(C)CC1(C)C. The molecule has 0 saturated heterocycles. The predicted octanol–water partition coefficient (Wildman–Crippen LogP) is 4.56. The van der Waals surface area contributed by atoms with Crippen molar-refractivity contribution < 1.29 is 0 Å². The van der Waals surface area contributed by atoms with Gasteiger partial charge in [0.1, 0.15) is 0 Å². The van der Waals surface area contributed by atoms with Crippen molar-refractivity contribution in [3.8, 4) is 0 Å². The van der Waals surface area contributed by atoms with Gasteiger partial charge in [0.05, 0.1) is 0 Å². The third-order valence-corrected chi connectivity index (χ3v) is 4.72. The molecule has 20 heavy (non-hydrogen) atoms. The molecule has 112 valence electrons. The Morgan fingerprint density at radius 3 is 2.70 bits per heavy atom. The Balaban J connectivity index is 2.51. The van der Waals surface area contributed by atoms with Crippen molar-refractivity contribution in [1.82, 2.24) is 5.32 Å². The van der Waals surface area contributed by atoms with E-state index in [1.165, 1.54) is 23.2 Å². The highest BCUT2D eigenvalue weighted by Gasteiger charge is 2.36. The number of hydrogen-bond acceptors (Lipinski definition) is 2. The molecule has 1 aromatic rings. The van der Waals surface area contributed by atoms with Crippen molar-refractivity contribution in [2.24, 2.45) is 0 Å². The molecule has 1 heterocycles. The maximum Gasteiger partial charge on any atom is 0.0471 e. The van der Waals surface area contributed by atoms with E-state index in [2.05, 4.69) is 50.0 Å². The van der Waals surface area contributed by atoms with Crippen LogP contribution in [0.15, 0.2) is 12.1 Å². The summed E-state index contributed by atoms with van der Waals surface area (Å²) in [7, 11) is 1.96. The lowest BCUT2D eigenvalue weighted by Gasteiger charge is -2.48. The van der Waals surface area contributed by atoms with Gasteiger partial charge in [-0.15, -0.1) is 0 Å². The van der Waals surface area contributed by atoms with Gasteiger partial charge in [-0.2, -0.15) is 0 Å². The summed E-state index contributed by atoms with van der Waals surface area (Å²) >= 11 is 6.48. The summed E-state index contributed by atoms with van der Waals surface area (Å²) in [5.41, 5.74) is 4.19. The first-order valence-electron chi connectivity index (χ1n) is 7.65. The van der Waals surface area contributed by atoms with Gasteiger partial charge in [0.25, 0.3) is 0 Å². The van der Waals surface area contributed by atoms with E-state index in [4.69, 9.17) is 11.6 Å². The topological polar surface area (TPSA) is 15.3 Å². The Bertz CT molecular complexity index is 482. The van der Waals surface area contributed by atoms with Crippen molar-refractivity contribution in [3.05, 3.63) is 28.3 Å². The smallest absolute Gasteiger partial charge is 0.0471 e. The summed E-state index contributed by atoms with van der Waals surface area (Å²) in [5, 5.41) is 4.08. The lowest BCUT2D eigenvalue weighted by molar-refractivity contribution is 0.376. The van der Waals surface area contributed by atoms with E-state index < -0.39 is 0 Å². The van der Waals surface area contributed by atoms with Gasteiger partial charge in [0, 0.05) is 29.3 Å². The molecule has 1 atom stereocenters. The Hall–Kier alpha value is -0.730. The first-order chi connectivity index (χ1) is 9.40. The van der Waals surface area contributed by atoms with E-state index in [9.17, 15) is 0 Å². The van der Waals surface area contributed by atoms with Gasteiger partial charge in [0.2, 0.25) is 0 Å². The van der Waals surface area contributed by atoms with E-state index in [0.29, 0.717) is 5.92 Å². The molecule has 2 nitrogen and oxygen atoms in total. The zero-order valence-electron chi connectivity index (χ0n) is 13.4. The van der Waals surface area contributed by atoms with Crippen LogP contribution in [0.5, 0.6) is 0 Å². The zero-order valence-corrected chi connectivity index (χ0v) is 14.1. The maximum absolute atomic E-state index is 6.48. The molecule has 1 aliphatic heterocycles. The molecular weight excluding hydrogens is 268 g/mol. The van der Waals surface area contributed by atoms with Gasteiger partial charge in [0.15, 0.2) is 0 Å². The van der Waals surface area contributed by atoms with Crippen LogP contribution in [0.4, 0.5) is 5.69 Å². The second-order valence-electron chi connectivity index (χ2n) is 6.60. The molecule has 0 bridgehead atoms. The third kappa shape index (κ3) is 2.82. The van der Waals surface area contributed by atoms with Gasteiger partial charge in [-0.05, 0) is 56.8 Å². The van der Waals surface area contributed by atoms with Crippen molar-refractivity contribution in [2.75, 3.05) is 18.5 Å². The van der Waals surface area contributed by atoms with Crippen molar-refractivity contribution in [3.63, 3.8) is 0 Å². The minimum atomic E-state index is 0.205. The highest BCUT2D eigenvalue weighted by Crippen LogP contribution is 2.45. The quantitative estimate of drug-likeness (QED) is 0.875. The largest absolute Gasteiger partial charge is 0.366 e. The summed E-state index contributed by atoms with van der Waals surface area (Å²) in [6, 6.07) is 4.48. The van der Waals surface area contributed by atoms with E-state index in [-0.39, 0.29) is 5.54 Å². The first kappa shape index (κ1) is 15.7. The van der Waals surface area contributed by atoms with Crippen LogP contribution in [0.1, 0.15) is 57.6 Å². The van der Waals surface area contributed by atoms with Crippen molar-refractivity contribution >= 4 is 17.3 Å². The molecule has 0 fully saturated rings. The van der Waals surface area contributed by atoms with Gasteiger partial charge >= 0.3 is 0 Å². The second kappa shape index (κ2) is 5.95. The predicted molar refractivity (Wildman–Crippen MR) is 89.0 cm³/mol. The molecule has 0 amide bonds. The third-order valence-electron chi connectivity index (χ3n) is 4.37. The summed E-state index contributed by atoms with van der Waals surface area (Å²) in [6.45, 7) is 11.2. The van der Waals surface area contributed by atoms with Crippen molar-refractivity contribution in [2.45, 2.75) is 58.5 Å². The van der Waals surface area contributed by atoms with E-state index in [1.54, 1.807) is 0 Å². The lowest BCUT2D eigenvalue weighted by Crippen LogP contribution is -2.48. The normalized spacial score (nSPS) is 20.9. The molecule has 0 aromatic heterocycles. The molecular formula is C17H27ClN2. The van der Waals surface area contributed by atoms with Crippen LogP contribution >= 0.6 is 11.6 Å². The fraction of sp³-hybridized carbons (Fsp3) is 0.647. The van der Waals surface area contributed by atoms with Crippen LogP contribution in [-0.2, 0) is 6.54 Å².